The molecule has 0 aliphatic carbocycles. The average Bonchev–Trinajstić information content (AvgIpc) is 2.14. The first-order chi connectivity index (χ1) is 3.84. The molecule has 2 nitrogen and oxygen atoms in total. The highest BCUT2D eigenvalue weighted by Crippen LogP contribution is 1.95. The molecule has 0 saturated heterocycles. The number of nitrogens with one attached hydrogen (secondary N) is 1. The Morgan fingerprint density at radius 1 is 1.88 bits per heavy atom. The highest BCUT2D eigenvalue weighted by atomic mass is 14.9. The molecular formula is C6H6N2. The predicted octanol–water partition coefficient (Wildman–Crippen LogP) is 0.699. The summed E-state index contributed by atoms with van der Waals surface area (Å²) >= 11 is 0. The van der Waals surface area contributed by atoms with E-state index in [0.717, 1.165) is 5.69 Å². The molecule has 0 amide bonds. The Balaban J connectivity index is 3.15. The number of hydrogen-bond acceptors (Lipinski definition) is 1. The van der Waals surface area contributed by atoms with Gasteiger partial charge >= 0.3 is 0 Å². The van der Waals surface area contributed by atoms with E-state index in [0.29, 0.717) is 5.69 Å². The normalized spacial score (nSPS) is 8.50. The summed E-state index contributed by atoms with van der Waals surface area (Å²) in [7, 11) is 0. The van der Waals surface area contributed by atoms with Crippen LogP contribution in [0.2, 0.25) is 0 Å². The van der Waals surface area contributed by atoms with Crippen molar-refractivity contribution >= 4 is 0 Å². The standard InChI is InChI=1S/C6H6N2/c1-3-6-5(2)7-4-8-6/h1,4H,2H3,(H,7,8). The Morgan fingerprint density at radius 3 is 2.88 bits per heavy atom. The molecule has 2 heteroatoms. The lowest BCUT2D eigenvalue weighted by Crippen LogP contribution is -1.74. The van der Waals surface area contributed by atoms with Gasteiger partial charge in [0, 0.05) is 5.69 Å². The maximum atomic E-state index is 5.06. The van der Waals surface area contributed by atoms with Crippen LogP contribution in [0.5, 0.6) is 0 Å². The summed E-state index contributed by atoms with van der Waals surface area (Å²) in [5.41, 5.74) is 1.65. The first-order valence-corrected chi connectivity index (χ1v) is 2.31. The van der Waals surface area contributed by atoms with Crippen molar-refractivity contribution in [3.63, 3.8) is 0 Å². The van der Waals surface area contributed by atoms with Crippen LogP contribution in [-0.4, -0.2) is 9.97 Å². The van der Waals surface area contributed by atoms with Gasteiger partial charge in [0.25, 0.3) is 0 Å². The number of H-pyrrole nitrogens is 1. The lowest BCUT2D eigenvalue weighted by molar-refractivity contribution is 1.25. The minimum absolute atomic E-state index is 0.699. The molecule has 8 heavy (non-hydrogen) atoms. The number of nitrogens with zero attached hydrogens (tertiary/aromatic N) is 1. The van der Waals surface area contributed by atoms with Gasteiger partial charge in [-0.3, -0.25) is 0 Å². The van der Waals surface area contributed by atoms with Gasteiger partial charge in [-0.1, -0.05) is 0 Å². The third-order valence-electron chi connectivity index (χ3n) is 0.967. The fourth-order valence-electron chi connectivity index (χ4n) is 0.504. The third kappa shape index (κ3) is 0.584. The number of rotatable bonds is 0. The van der Waals surface area contributed by atoms with E-state index in [2.05, 4.69) is 15.9 Å². The molecule has 1 N–H and O–H groups in total. The van der Waals surface area contributed by atoms with Crippen LogP contribution in [0.4, 0.5) is 0 Å². The SMILES string of the molecule is C#Cc1nc[nH]c1C. The summed E-state index contributed by atoms with van der Waals surface area (Å²) in [5.74, 6) is 2.43. The van der Waals surface area contributed by atoms with E-state index in [-0.39, 0.29) is 0 Å². The molecule has 1 aromatic rings. The van der Waals surface area contributed by atoms with Crippen LogP contribution >= 0.6 is 0 Å². The molecular weight excluding hydrogens is 100 g/mol. The number of terminal acetylenes is 1. The maximum Gasteiger partial charge on any atom is 0.133 e. The molecule has 1 aromatic heterocycles. The van der Waals surface area contributed by atoms with Crippen molar-refractivity contribution in [2.24, 2.45) is 0 Å². The topological polar surface area (TPSA) is 28.7 Å². The Hall–Kier alpha value is -1.23. The molecule has 0 fully saturated rings. The predicted molar refractivity (Wildman–Crippen MR) is 31.3 cm³/mol. The number of imidazole rings is 1. The van der Waals surface area contributed by atoms with Crippen molar-refractivity contribution in [2.45, 2.75) is 6.92 Å². The van der Waals surface area contributed by atoms with Gasteiger partial charge in [0.1, 0.15) is 5.69 Å². The highest BCUT2D eigenvalue weighted by molar-refractivity contribution is 5.27. The van der Waals surface area contributed by atoms with Crippen LogP contribution in [0.3, 0.4) is 0 Å². The number of aromatic amines is 1. The van der Waals surface area contributed by atoms with E-state index in [1.165, 1.54) is 0 Å². The Kier molecular flexibility index (Phi) is 1.05. The van der Waals surface area contributed by atoms with Gasteiger partial charge in [0.05, 0.1) is 6.33 Å². The van der Waals surface area contributed by atoms with Crippen LogP contribution < -0.4 is 0 Å². The Bertz CT molecular complexity index is 217. The van der Waals surface area contributed by atoms with Crippen molar-refractivity contribution in [3.8, 4) is 12.3 Å². The van der Waals surface area contributed by atoms with Crippen LogP contribution in [0.15, 0.2) is 6.33 Å². The van der Waals surface area contributed by atoms with Gasteiger partial charge < -0.3 is 4.98 Å². The minimum atomic E-state index is 0.699. The largest absolute Gasteiger partial charge is 0.348 e. The molecule has 40 valence electrons. The molecule has 0 saturated carbocycles. The summed E-state index contributed by atoms with van der Waals surface area (Å²) in [6.07, 6.45) is 6.65. The van der Waals surface area contributed by atoms with Crippen LogP contribution in [0.25, 0.3) is 0 Å². The average molecular weight is 106 g/mol. The molecule has 0 radical (unpaired) electrons. The molecule has 0 aromatic carbocycles. The Morgan fingerprint density at radius 2 is 2.62 bits per heavy atom. The molecule has 0 atom stereocenters. The van der Waals surface area contributed by atoms with E-state index in [4.69, 9.17) is 6.42 Å². The van der Waals surface area contributed by atoms with Gasteiger partial charge in [-0.15, -0.1) is 6.42 Å². The lowest BCUT2D eigenvalue weighted by atomic mass is 10.4. The first kappa shape index (κ1) is 4.92. The zero-order chi connectivity index (χ0) is 5.98. The van der Waals surface area contributed by atoms with Crippen molar-refractivity contribution in [1.29, 1.82) is 0 Å². The summed E-state index contributed by atoms with van der Waals surface area (Å²) < 4.78 is 0. The van der Waals surface area contributed by atoms with E-state index in [1.54, 1.807) is 6.33 Å². The van der Waals surface area contributed by atoms with Crippen LogP contribution in [-0.2, 0) is 0 Å². The second-order valence-electron chi connectivity index (χ2n) is 1.52. The van der Waals surface area contributed by atoms with Crippen LogP contribution in [0, 0.1) is 19.3 Å². The summed E-state index contributed by atoms with van der Waals surface area (Å²) in [6, 6.07) is 0. The zero-order valence-corrected chi connectivity index (χ0v) is 4.60. The monoisotopic (exact) mass is 106 g/mol. The van der Waals surface area contributed by atoms with E-state index in [9.17, 15) is 0 Å². The van der Waals surface area contributed by atoms with Gasteiger partial charge in [-0.25, -0.2) is 4.98 Å². The summed E-state index contributed by atoms with van der Waals surface area (Å²) in [4.78, 5) is 6.71. The Labute approximate surface area is 48.0 Å². The fourth-order valence-corrected chi connectivity index (χ4v) is 0.504. The minimum Gasteiger partial charge on any atom is -0.348 e. The molecule has 0 unspecified atom stereocenters. The number of hydrogen-bond donors (Lipinski definition) is 1. The third-order valence-corrected chi connectivity index (χ3v) is 0.967. The molecule has 0 bridgehead atoms. The summed E-state index contributed by atoms with van der Waals surface area (Å²) in [6.45, 7) is 1.89. The highest BCUT2D eigenvalue weighted by Gasteiger charge is 1.91. The van der Waals surface area contributed by atoms with Gasteiger partial charge in [0.2, 0.25) is 0 Å². The molecule has 1 heterocycles. The van der Waals surface area contributed by atoms with Gasteiger partial charge in [-0.05, 0) is 12.8 Å². The smallest absolute Gasteiger partial charge is 0.133 e. The van der Waals surface area contributed by atoms with Gasteiger partial charge in [0.15, 0.2) is 0 Å². The van der Waals surface area contributed by atoms with E-state index >= 15 is 0 Å². The number of aromatic nitrogens is 2. The lowest BCUT2D eigenvalue weighted by Gasteiger charge is -1.78. The maximum absolute atomic E-state index is 5.06. The first-order valence-electron chi connectivity index (χ1n) is 2.31. The second kappa shape index (κ2) is 1.71. The molecule has 0 aliphatic heterocycles. The van der Waals surface area contributed by atoms with Crippen LogP contribution in [0.1, 0.15) is 11.4 Å². The number of aryl methyl sites for hydroxylation is 1. The summed E-state index contributed by atoms with van der Waals surface area (Å²) in [5, 5.41) is 0. The van der Waals surface area contributed by atoms with E-state index < -0.39 is 0 Å². The molecule has 0 aliphatic rings. The quantitative estimate of drug-likeness (QED) is 0.484. The zero-order valence-electron chi connectivity index (χ0n) is 4.60. The fraction of sp³-hybridized carbons (Fsp3) is 0.167. The van der Waals surface area contributed by atoms with Crippen molar-refractivity contribution in [2.75, 3.05) is 0 Å². The van der Waals surface area contributed by atoms with Crippen molar-refractivity contribution in [1.82, 2.24) is 9.97 Å². The second-order valence-corrected chi connectivity index (χ2v) is 1.52. The molecule has 0 spiro atoms. The van der Waals surface area contributed by atoms with Gasteiger partial charge in [-0.2, -0.15) is 0 Å². The van der Waals surface area contributed by atoms with Crippen molar-refractivity contribution < 1.29 is 0 Å². The van der Waals surface area contributed by atoms with Crippen molar-refractivity contribution in [3.05, 3.63) is 17.7 Å². The van der Waals surface area contributed by atoms with E-state index in [1.807, 2.05) is 6.92 Å². The molecule has 1 rings (SSSR count).